The molecule has 0 aromatic carbocycles. The lowest BCUT2D eigenvalue weighted by Crippen LogP contribution is -2.02. The average molecular weight is 209 g/mol. The summed E-state index contributed by atoms with van der Waals surface area (Å²) in [5, 5.41) is 0.249. The Hall–Kier alpha value is -1.42. The lowest BCUT2D eigenvalue weighted by Gasteiger charge is -2.06. The lowest BCUT2D eigenvalue weighted by molar-refractivity contribution is 0.905. The summed E-state index contributed by atoms with van der Waals surface area (Å²) >= 11 is 5.73. The zero-order valence-corrected chi connectivity index (χ0v) is 8.65. The van der Waals surface area contributed by atoms with Crippen molar-refractivity contribution in [3.63, 3.8) is 0 Å². The minimum absolute atomic E-state index is 0.249. The summed E-state index contributed by atoms with van der Waals surface area (Å²) in [4.78, 5) is 12.2. The van der Waals surface area contributed by atoms with E-state index in [1.165, 1.54) is 0 Å². The SMILES string of the molecule is Cc1cnc(Cl)nc1-n1ccnc1C. The van der Waals surface area contributed by atoms with Crippen LogP contribution in [0.2, 0.25) is 5.28 Å². The van der Waals surface area contributed by atoms with Crippen molar-refractivity contribution in [3.05, 3.63) is 35.3 Å². The Balaban J connectivity index is 2.62. The van der Waals surface area contributed by atoms with Crippen molar-refractivity contribution < 1.29 is 0 Å². The van der Waals surface area contributed by atoms with Crippen LogP contribution in [0.1, 0.15) is 11.4 Å². The quantitative estimate of drug-likeness (QED) is 0.673. The molecule has 0 saturated carbocycles. The van der Waals surface area contributed by atoms with E-state index in [1.54, 1.807) is 12.4 Å². The molecule has 0 aliphatic rings. The maximum Gasteiger partial charge on any atom is 0.224 e. The Labute approximate surface area is 86.6 Å². The fourth-order valence-electron chi connectivity index (χ4n) is 1.26. The van der Waals surface area contributed by atoms with Gasteiger partial charge in [-0.25, -0.2) is 9.97 Å². The molecule has 0 saturated heterocycles. The van der Waals surface area contributed by atoms with Gasteiger partial charge in [-0.1, -0.05) is 0 Å². The average Bonchev–Trinajstić information content (AvgIpc) is 2.56. The monoisotopic (exact) mass is 208 g/mol. The van der Waals surface area contributed by atoms with Gasteiger partial charge in [-0.15, -0.1) is 0 Å². The highest BCUT2D eigenvalue weighted by Gasteiger charge is 2.06. The molecule has 2 aromatic rings. The van der Waals surface area contributed by atoms with Crippen LogP contribution in [-0.2, 0) is 0 Å². The maximum atomic E-state index is 5.73. The third kappa shape index (κ3) is 1.48. The third-order valence-electron chi connectivity index (χ3n) is 1.97. The molecule has 72 valence electrons. The number of hydrogen-bond acceptors (Lipinski definition) is 3. The molecule has 2 heterocycles. The summed E-state index contributed by atoms with van der Waals surface area (Å²) in [6, 6.07) is 0. The van der Waals surface area contributed by atoms with E-state index in [-0.39, 0.29) is 5.28 Å². The Morgan fingerprint density at radius 2 is 2.07 bits per heavy atom. The molecular formula is C9H9ClN4. The molecule has 0 aliphatic heterocycles. The van der Waals surface area contributed by atoms with E-state index in [0.717, 1.165) is 17.2 Å². The van der Waals surface area contributed by atoms with Crippen molar-refractivity contribution in [1.29, 1.82) is 0 Å². The topological polar surface area (TPSA) is 43.6 Å². The number of aromatic nitrogens is 4. The van der Waals surface area contributed by atoms with Crippen molar-refractivity contribution >= 4 is 11.6 Å². The molecule has 0 unspecified atom stereocenters. The molecule has 5 heteroatoms. The Bertz CT molecular complexity index is 464. The second-order valence-electron chi connectivity index (χ2n) is 2.99. The largest absolute Gasteiger partial charge is 0.288 e. The van der Waals surface area contributed by atoms with Gasteiger partial charge in [0.15, 0.2) is 0 Å². The Morgan fingerprint density at radius 3 is 2.71 bits per heavy atom. The molecule has 2 rings (SSSR count). The first-order chi connectivity index (χ1) is 6.68. The highest BCUT2D eigenvalue weighted by atomic mass is 35.5. The second-order valence-corrected chi connectivity index (χ2v) is 3.33. The van der Waals surface area contributed by atoms with E-state index in [9.17, 15) is 0 Å². The highest BCUT2D eigenvalue weighted by molar-refractivity contribution is 6.28. The molecule has 0 amide bonds. The molecule has 0 spiro atoms. The first kappa shape index (κ1) is 9.15. The van der Waals surface area contributed by atoms with Crippen molar-refractivity contribution in [2.75, 3.05) is 0 Å². The summed E-state index contributed by atoms with van der Waals surface area (Å²) in [5.41, 5.74) is 0.968. The van der Waals surface area contributed by atoms with Crippen LogP contribution in [-0.4, -0.2) is 19.5 Å². The van der Waals surface area contributed by atoms with Crippen molar-refractivity contribution in [1.82, 2.24) is 19.5 Å². The lowest BCUT2D eigenvalue weighted by atomic mass is 10.3. The molecule has 4 nitrogen and oxygen atoms in total. The van der Waals surface area contributed by atoms with E-state index in [1.807, 2.05) is 24.6 Å². The summed E-state index contributed by atoms with van der Waals surface area (Å²) in [5.74, 6) is 1.66. The van der Waals surface area contributed by atoms with Gasteiger partial charge in [0, 0.05) is 24.2 Å². The fourth-order valence-corrected chi connectivity index (χ4v) is 1.39. The molecule has 2 aromatic heterocycles. The minimum atomic E-state index is 0.249. The van der Waals surface area contributed by atoms with Gasteiger partial charge in [0.1, 0.15) is 11.6 Å². The predicted octanol–water partition coefficient (Wildman–Crippen LogP) is 1.93. The van der Waals surface area contributed by atoms with Crippen LogP contribution < -0.4 is 0 Å². The van der Waals surface area contributed by atoms with Crippen LogP contribution in [0, 0.1) is 13.8 Å². The van der Waals surface area contributed by atoms with Gasteiger partial charge in [0.25, 0.3) is 0 Å². The molecule has 0 atom stereocenters. The first-order valence-electron chi connectivity index (χ1n) is 4.18. The summed E-state index contributed by atoms with van der Waals surface area (Å²) in [6.07, 6.45) is 5.27. The van der Waals surface area contributed by atoms with Gasteiger partial charge in [0.05, 0.1) is 0 Å². The van der Waals surface area contributed by atoms with E-state index in [0.29, 0.717) is 0 Å². The van der Waals surface area contributed by atoms with Crippen LogP contribution in [0.15, 0.2) is 18.6 Å². The van der Waals surface area contributed by atoms with E-state index in [2.05, 4.69) is 15.0 Å². The van der Waals surface area contributed by atoms with Gasteiger partial charge in [0.2, 0.25) is 5.28 Å². The number of nitrogens with zero attached hydrogens (tertiary/aromatic N) is 4. The van der Waals surface area contributed by atoms with E-state index < -0.39 is 0 Å². The smallest absolute Gasteiger partial charge is 0.224 e. The molecule has 0 fully saturated rings. The molecule has 0 aliphatic carbocycles. The number of hydrogen-bond donors (Lipinski definition) is 0. The minimum Gasteiger partial charge on any atom is -0.288 e. The third-order valence-corrected chi connectivity index (χ3v) is 2.15. The van der Waals surface area contributed by atoms with Gasteiger partial charge < -0.3 is 0 Å². The number of imidazole rings is 1. The first-order valence-corrected chi connectivity index (χ1v) is 4.56. The maximum absolute atomic E-state index is 5.73. The van der Waals surface area contributed by atoms with Gasteiger partial charge in [-0.2, -0.15) is 4.98 Å². The van der Waals surface area contributed by atoms with Crippen LogP contribution in [0.25, 0.3) is 5.82 Å². The summed E-state index contributed by atoms with van der Waals surface area (Å²) in [6.45, 7) is 3.85. The number of aryl methyl sites for hydroxylation is 2. The van der Waals surface area contributed by atoms with E-state index >= 15 is 0 Å². The number of rotatable bonds is 1. The van der Waals surface area contributed by atoms with Crippen LogP contribution in [0.5, 0.6) is 0 Å². The highest BCUT2D eigenvalue weighted by Crippen LogP contribution is 2.13. The van der Waals surface area contributed by atoms with Crippen LogP contribution in [0.3, 0.4) is 0 Å². The molecular weight excluding hydrogens is 200 g/mol. The van der Waals surface area contributed by atoms with Crippen LogP contribution in [0.4, 0.5) is 0 Å². The zero-order chi connectivity index (χ0) is 10.1. The van der Waals surface area contributed by atoms with Gasteiger partial charge in [-0.05, 0) is 25.4 Å². The van der Waals surface area contributed by atoms with Gasteiger partial charge in [-0.3, -0.25) is 4.57 Å². The van der Waals surface area contributed by atoms with Gasteiger partial charge >= 0.3 is 0 Å². The zero-order valence-electron chi connectivity index (χ0n) is 7.90. The van der Waals surface area contributed by atoms with Crippen molar-refractivity contribution in [2.24, 2.45) is 0 Å². The van der Waals surface area contributed by atoms with Crippen molar-refractivity contribution in [2.45, 2.75) is 13.8 Å². The molecule has 0 N–H and O–H groups in total. The molecule has 14 heavy (non-hydrogen) atoms. The normalized spacial score (nSPS) is 10.5. The standard InChI is InChI=1S/C9H9ClN4/c1-6-5-12-9(10)13-8(6)14-4-3-11-7(14)2/h3-5H,1-2H3. The van der Waals surface area contributed by atoms with Crippen LogP contribution >= 0.6 is 11.6 Å². The molecule has 0 radical (unpaired) electrons. The fraction of sp³-hybridized carbons (Fsp3) is 0.222. The molecule has 0 bridgehead atoms. The summed E-state index contributed by atoms with van der Waals surface area (Å²) < 4.78 is 1.88. The predicted molar refractivity (Wildman–Crippen MR) is 53.6 cm³/mol. The Kier molecular flexibility index (Phi) is 2.21. The van der Waals surface area contributed by atoms with Crippen molar-refractivity contribution in [3.8, 4) is 5.82 Å². The number of halogens is 1. The van der Waals surface area contributed by atoms with E-state index in [4.69, 9.17) is 11.6 Å². The summed E-state index contributed by atoms with van der Waals surface area (Å²) in [7, 11) is 0. The second kappa shape index (κ2) is 3.38. The Morgan fingerprint density at radius 1 is 1.29 bits per heavy atom.